The van der Waals surface area contributed by atoms with E-state index in [9.17, 15) is 4.79 Å². The number of nitrogens with zero attached hydrogens (tertiary/aromatic N) is 1. The second kappa shape index (κ2) is 5.54. The Hall–Kier alpha value is -1.03. The van der Waals surface area contributed by atoms with Gasteiger partial charge < -0.3 is 5.73 Å². The average molecular weight is 250 g/mol. The van der Waals surface area contributed by atoms with Gasteiger partial charge in [0.05, 0.1) is 11.3 Å². The Bertz CT molecular complexity index is 414. The highest BCUT2D eigenvalue weighted by atomic mass is 32.2. The molecule has 0 aromatic carbocycles. The third-order valence-corrected chi connectivity index (χ3v) is 4.48. The number of carbonyl (C=O) groups excluding carboxylic acids is 1. The van der Waals surface area contributed by atoms with Gasteiger partial charge in [0.15, 0.2) is 5.78 Å². The van der Waals surface area contributed by atoms with Crippen LogP contribution in [0.25, 0.3) is 0 Å². The number of rotatable bonds is 4. The molecular weight excluding hydrogens is 232 g/mol. The second-order valence-corrected chi connectivity index (χ2v) is 5.87. The number of hydrogen-bond acceptors (Lipinski definition) is 4. The molecule has 1 aliphatic carbocycles. The highest BCUT2D eigenvalue weighted by Gasteiger charge is 2.18. The van der Waals surface area contributed by atoms with E-state index in [1.165, 1.54) is 25.7 Å². The van der Waals surface area contributed by atoms with Gasteiger partial charge in [-0.3, -0.25) is 4.79 Å². The Morgan fingerprint density at radius 3 is 2.94 bits per heavy atom. The molecule has 3 nitrogen and oxygen atoms in total. The first-order valence-corrected chi connectivity index (χ1v) is 7.08. The molecule has 1 saturated carbocycles. The molecule has 0 aliphatic heterocycles. The van der Waals surface area contributed by atoms with Crippen molar-refractivity contribution in [3.63, 3.8) is 0 Å². The lowest BCUT2D eigenvalue weighted by Crippen LogP contribution is -2.10. The summed E-state index contributed by atoms with van der Waals surface area (Å²) in [6.45, 7) is 1.92. The topological polar surface area (TPSA) is 56.0 Å². The second-order valence-electron chi connectivity index (χ2n) is 4.59. The maximum Gasteiger partial charge on any atom is 0.176 e. The van der Waals surface area contributed by atoms with E-state index < -0.39 is 0 Å². The zero-order valence-electron chi connectivity index (χ0n) is 10.1. The van der Waals surface area contributed by atoms with Crippen LogP contribution in [0, 0.1) is 6.92 Å². The number of Topliss-reactive ketones (excluding diaryl/α,β-unsaturated/α-hetero) is 1. The molecule has 17 heavy (non-hydrogen) atoms. The van der Waals surface area contributed by atoms with E-state index in [0.717, 1.165) is 5.56 Å². The fourth-order valence-corrected chi connectivity index (χ4v) is 3.34. The van der Waals surface area contributed by atoms with E-state index >= 15 is 0 Å². The minimum absolute atomic E-state index is 0.107. The van der Waals surface area contributed by atoms with Gasteiger partial charge in [-0.1, -0.05) is 12.8 Å². The Kier molecular flexibility index (Phi) is 4.05. The smallest absolute Gasteiger partial charge is 0.176 e. The van der Waals surface area contributed by atoms with E-state index in [0.29, 0.717) is 22.4 Å². The van der Waals surface area contributed by atoms with Gasteiger partial charge in [-0.05, 0) is 31.4 Å². The van der Waals surface area contributed by atoms with E-state index in [1.54, 1.807) is 18.0 Å². The summed E-state index contributed by atoms with van der Waals surface area (Å²) in [6, 6.07) is 1.83. The van der Waals surface area contributed by atoms with Crippen molar-refractivity contribution in [1.29, 1.82) is 0 Å². The predicted octanol–water partition coefficient (Wildman–Crippen LogP) is 2.83. The zero-order chi connectivity index (χ0) is 12.3. The lowest BCUT2D eigenvalue weighted by Gasteiger charge is -2.09. The molecular formula is C13H18N2OS. The molecule has 0 unspecified atom stereocenters. The molecule has 0 radical (unpaired) electrons. The van der Waals surface area contributed by atoms with Crippen LogP contribution in [0.3, 0.4) is 0 Å². The van der Waals surface area contributed by atoms with Crippen molar-refractivity contribution in [3.05, 3.63) is 23.4 Å². The molecule has 92 valence electrons. The van der Waals surface area contributed by atoms with Crippen LogP contribution in [-0.2, 0) is 0 Å². The summed E-state index contributed by atoms with van der Waals surface area (Å²) in [6.07, 6.45) is 6.80. The molecule has 1 fully saturated rings. The number of aryl methyl sites for hydroxylation is 1. The number of carbonyl (C=O) groups is 1. The van der Waals surface area contributed by atoms with E-state index in [2.05, 4.69) is 4.98 Å². The third kappa shape index (κ3) is 3.22. The van der Waals surface area contributed by atoms with Crippen LogP contribution in [0.15, 0.2) is 12.3 Å². The van der Waals surface area contributed by atoms with Crippen molar-refractivity contribution < 1.29 is 4.79 Å². The van der Waals surface area contributed by atoms with Crippen LogP contribution >= 0.6 is 11.8 Å². The van der Waals surface area contributed by atoms with Gasteiger partial charge in [0, 0.05) is 11.4 Å². The first-order chi connectivity index (χ1) is 8.16. The molecule has 2 N–H and O–H groups in total. The number of ketones is 1. The summed E-state index contributed by atoms with van der Waals surface area (Å²) in [5.74, 6) is 0.989. The normalized spacial score (nSPS) is 16.3. The van der Waals surface area contributed by atoms with Gasteiger partial charge in [-0.2, -0.15) is 11.8 Å². The first-order valence-electron chi connectivity index (χ1n) is 6.04. The molecule has 4 heteroatoms. The van der Waals surface area contributed by atoms with Crippen LogP contribution in [0.5, 0.6) is 0 Å². The number of hydrogen-bond donors (Lipinski definition) is 1. The van der Waals surface area contributed by atoms with E-state index in [1.807, 2.05) is 13.0 Å². The van der Waals surface area contributed by atoms with E-state index in [-0.39, 0.29) is 5.78 Å². The predicted molar refractivity (Wildman–Crippen MR) is 72.4 cm³/mol. The summed E-state index contributed by atoms with van der Waals surface area (Å²) in [5, 5.41) is 0.665. The number of anilines is 1. The van der Waals surface area contributed by atoms with Gasteiger partial charge in [-0.15, -0.1) is 0 Å². The average Bonchev–Trinajstić information content (AvgIpc) is 2.82. The van der Waals surface area contributed by atoms with Gasteiger partial charge in [0.2, 0.25) is 0 Å². The van der Waals surface area contributed by atoms with Crippen LogP contribution in [0.1, 0.15) is 41.6 Å². The van der Waals surface area contributed by atoms with Crippen molar-refractivity contribution in [2.45, 2.75) is 37.9 Å². The number of thioether (sulfide) groups is 1. The molecule has 2 rings (SSSR count). The number of aromatic nitrogens is 1. The SMILES string of the molecule is Cc1cnc(N)c(C(=O)CSC2CCCC2)c1. The Morgan fingerprint density at radius 1 is 1.53 bits per heavy atom. The molecule has 0 atom stereocenters. The molecule has 0 bridgehead atoms. The molecule has 0 amide bonds. The standard InChI is InChI=1S/C13H18N2OS/c1-9-6-11(13(14)15-7-9)12(16)8-17-10-4-2-3-5-10/h6-7,10H,2-5,8H2,1H3,(H2,14,15). The lowest BCUT2D eigenvalue weighted by molar-refractivity contribution is 0.102. The lowest BCUT2D eigenvalue weighted by atomic mass is 10.1. The van der Waals surface area contributed by atoms with E-state index in [4.69, 9.17) is 5.73 Å². The monoisotopic (exact) mass is 250 g/mol. The maximum atomic E-state index is 12.0. The van der Waals surface area contributed by atoms with Crippen molar-refractivity contribution in [2.75, 3.05) is 11.5 Å². The van der Waals surface area contributed by atoms with Crippen LogP contribution < -0.4 is 5.73 Å². The van der Waals surface area contributed by atoms with Crippen molar-refractivity contribution in [1.82, 2.24) is 4.98 Å². The minimum atomic E-state index is 0.107. The fourth-order valence-electron chi connectivity index (χ4n) is 2.13. The molecule has 1 heterocycles. The highest BCUT2D eigenvalue weighted by molar-refractivity contribution is 8.00. The minimum Gasteiger partial charge on any atom is -0.383 e. The van der Waals surface area contributed by atoms with Gasteiger partial charge in [0.1, 0.15) is 5.82 Å². The molecule has 0 spiro atoms. The quantitative estimate of drug-likeness (QED) is 0.835. The summed E-state index contributed by atoms with van der Waals surface area (Å²) in [5.41, 5.74) is 7.29. The zero-order valence-corrected chi connectivity index (χ0v) is 10.9. The summed E-state index contributed by atoms with van der Waals surface area (Å²) < 4.78 is 0. The Labute approximate surface area is 106 Å². The van der Waals surface area contributed by atoms with Gasteiger partial charge in [-0.25, -0.2) is 4.98 Å². The summed E-state index contributed by atoms with van der Waals surface area (Å²) >= 11 is 1.77. The van der Waals surface area contributed by atoms with Crippen LogP contribution in [0.4, 0.5) is 5.82 Å². The maximum absolute atomic E-state index is 12.0. The van der Waals surface area contributed by atoms with Gasteiger partial charge in [0.25, 0.3) is 0 Å². The molecule has 1 aliphatic rings. The Morgan fingerprint density at radius 2 is 2.24 bits per heavy atom. The first kappa shape index (κ1) is 12.4. The number of nitrogen functional groups attached to an aromatic ring is 1. The van der Waals surface area contributed by atoms with Crippen molar-refractivity contribution >= 4 is 23.4 Å². The van der Waals surface area contributed by atoms with Crippen LogP contribution in [-0.4, -0.2) is 21.8 Å². The summed E-state index contributed by atoms with van der Waals surface area (Å²) in [4.78, 5) is 16.1. The van der Waals surface area contributed by atoms with Crippen molar-refractivity contribution in [2.24, 2.45) is 0 Å². The largest absolute Gasteiger partial charge is 0.383 e. The molecule has 1 aromatic rings. The van der Waals surface area contributed by atoms with Crippen molar-refractivity contribution in [3.8, 4) is 0 Å². The summed E-state index contributed by atoms with van der Waals surface area (Å²) in [7, 11) is 0. The van der Waals surface area contributed by atoms with Crippen LogP contribution in [0.2, 0.25) is 0 Å². The van der Waals surface area contributed by atoms with Gasteiger partial charge >= 0.3 is 0 Å². The third-order valence-electron chi connectivity index (χ3n) is 3.11. The fraction of sp³-hybridized carbons (Fsp3) is 0.538. The molecule has 0 saturated heterocycles. The molecule has 1 aromatic heterocycles. The number of nitrogens with two attached hydrogens (primary N) is 1. The number of pyridine rings is 1. The Balaban J connectivity index is 1.96. The highest BCUT2D eigenvalue weighted by Crippen LogP contribution is 2.30.